The van der Waals surface area contributed by atoms with Crippen molar-refractivity contribution in [2.45, 2.75) is 26.2 Å². The van der Waals surface area contributed by atoms with Gasteiger partial charge in [0.25, 0.3) is 0 Å². The molecule has 0 fully saturated rings. The Kier molecular flexibility index (Phi) is 5.06. The van der Waals surface area contributed by atoms with Crippen molar-refractivity contribution in [1.82, 2.24) is 0 Å². The normalized spacial score (nSPS) is 10.2. The number of unbranched alkanes of at least 4 members (excludes halogenated alkanes) is 1. The first kappa shape index (κ1) is 13.3. The van der Waals surface area contributed by atoms with Gasteiger partial charge < -0.3 is 0 Å². The number of anilines is 1. The third kappa shape index (κ3) is 3.37. The van der Waals surface area contributed by atoms with E-state index in [0.29, 0.717) is 22.2 Å². The van der Waals surface area contributed by atoms with Gasteiger partial charge in [-0.2, -0.15) is 0 Å². The zero-order valence-electron chi connectivity index (χ0n) is 9.04. The maximum Gasteiger partial charge on any atom is 0.241 e. The third-order valence-corrected chi connectivity index (χ3v) is 2.93. The van der Waals surface area contributed by atoms with E-state index in [1.807, 2.05) is 6.92 Å². The summed E-state index contributed by atoms with van der Waals surface area (Å²) in [5.74, 6) is 5.56. The maximum atomic E-state index is 11.6. The van der Waals surface area contributed by atoms with Gasteiger partial charge in [-0.3, -0.25) is 4.79 Å². The molecule has 1 rings (SSSR count). The van der Waals surface area contributed by atoms with E-state index >= 15 is 0 Å². The molecule has 0 spiro atoms. The Morgan fingerprint density at radius 3 is 2.62 bits per heavy atom. The van der Waals surface area contributed by atoms with Gasteiger partial charge in [-0.15, -0.1) is 0 Å². The highest BCUT2D eigenvalue weighted by atomic mass is 35.5. The van der Waals surface area contributed by atoms with Crippen LogP contribution in [0.1, 0.15) is 26.2 Å². The molecule has 0 radical (unpaired) electrons. The predicted molar refractivity (Wildman–Crippen MR) is 67.7 cm³/mol. The lowest BCUT2D eigenvalue weighted by Gasteiger charge is -2.16. The summed E-state index contributed by atoms with van der Waals surface area (Å²) < 4.78 is 0. The second-order valence-electron chi connectivity index (χ2n) is 3.47. The quantitative estimate of drug-likeness (QED) is 0.513. The number of nitrogens with two attached hydrogens (primary N) is 1. The molecule has 0 saturated carbocycles. The number of amides is 1. The van der Waals surface area contributed by atoms with E-state index in [4.69, 9.17) is 29.0 Å². The molecular formula is C11H14Cl2N2O. The van der Waals surface area contributed by atoms with Gasteiger partial charge in [-0.05, 0) is 24.6 Å². The zero-order valence-corrected chi connectivity index (χ0v) is 10.6. The summed E-state index contributed by atoms with van der Waals surface area (Å²) in [6.45, 7) is 2.02. The highest BCUT2D eigenvalue weighted by Crippen LogP contribution is 2.26. The van der Waals surface area contributed by atoms with Gasteiger partial charge in [0, 0.05) is 6.42 Å². The summed E-state index contributed by atoms with van der Waals surface area (Å²) in [5.41, 5.74) is 0.551. The largest absolute Gasteiger partial charge is 0.273 e. The van der Waals surface area contributed by atoms with Crippen LogP contribution in [-0.2, 0) is 4.79 Å². The molecule has 0 aliphatic carbocycles. The summed E-state index contributed by atoms with van der Waals surface area (Å²) in [7, 11) is 0. The van der Waals surface area contributed by atoms with Crippen LogP contribution in [0.15, 0.2) is 18.2 Å². The fraction of sp³-hybridized carbons (Fsp3) is 0.364. The molecule has 0 heterocycles. The topological polar surface area (TPSA) is 46.3 Å². The Morgan fingerprint density at radius 1 is 1.38 bits per heavy atom. The zero-order chi connectivity index (χ0) is 12.1. The molecule has 16 heavy (non-hydrogen) atoms. The molecule has 0 unspecified atom stereocenters. The number of hydrazine groups is 1. The van der Waals surface area contributed by atoms with E-state index in [1.165, 1.54) is 0 Å². The number of rotatable bonds is 4. The number of hydrogen-bond donors (Lipinski definition) is 1. The minimum atomic E-state index is -0.125. The van der Waals surface area contributed by atoms with Crippen LogP contribution in [0.2, 0.25) is 10.0 Å². The maximum absolute atomic E-state index is 11.6. The smallest absolute Gasteiger partial charge is 0.241 e. The molecule has 88 valence electrons. The molecule has 3 nitrogen and oxygen atoms in total. The van der Waals surface area contributed by atoms with Crippen molar-refractivity contribution in [3.63, 3.8) is 0 Å². The molecule has 1 aromatic carbocycles. The number of nitrogens with zero attached hydrogens (tertiary/aromatic N) is 1. The van der Waals surface area contributed by atoms with Gasteiger partial charge in [0.2, 0.25) is 5.91 Å². The minimum absolute atomic E-state index is 0.125. The number of carbonyl (C=O) groups excluding carboxylic acids is 1. The number of hydrogen-bond acceptors (Lipinski definition) is 2. The van der Waals surface area contributed by atoms with Crippen molar-refractivity contribution >= 4 is 34.8 Å². The van der Waals surface area contributed by atoms with Crippen molar-refractivity contribution in [2.24, 2.45) is 5.84 Å². The minimum Gasteiger partial charge on any atom is -0.273 e. The Hall–Kier alpha value is -0.770. The first-order chi connectivity index (χ1) is 7.56. The van der Waals surface area contributed by atoms with E-state index in [2.05, 4.69) is 0 Å². The Bertz CT molecular complexity index is 382. The van der Waals surface area contributed by atoms with E-state index < -0.39 is 0 Å². The first-order valence-corrected chi connectivity index (χ1v) is 5.84. The Morgan fingerprint density at radius 2 is 2.06 bits per heavy atom. The van der Waals surface area contributed by atoms with Crippen LogP contribution in [0, 0.1) is 0 Å². The van der Waals surface area contributed by atoms with Crippen molar-refractivity contribution in [2.75, 3.05) is 5.01 Å². The van der Waals surface area contributed by atoms with Crippen LogP contribution in [-0.4, -0.2) is 5.91 Å². The monoisotopic (exact) mass is 260 g/mol. The average Bonchev–Trinajstić information content (AvgIpc) is 2.28. The molecule has 0 bridgehead atoms. The highest BCUT2D eigenvalue weighted by Gasteiger charge is 2.12. The SMILES string of the molecule is CCCCC(=O)N(N)c1ccc(Cl)c(Cl)c1. The van der Waals surface area contributed by atoms with E-state index in [0.717, 1.165) is 17.9 Å². The van der Waals surface area contributed by atoms with Gasteiger partial charge in [0.15, 0.2) is 0 Å². The van der Waals surface area contributed by atoms with Gasteiger partial charge in [-0.1, -0.05) is 36.5 Å². The fourth-order valence-corrected chi connectivity index (χ4v) is 1.52. The van der Waals surface area contributed by atoms with Crippen molar-refractivity contribution < 1.29 is 4.79 Å². The van der Waals surface area contributed by atoms with Crippen molar-refractivity contribution in [3.8, 4) is 0 Å². The number of benzene rings is 1. The van der Waals surface area contributed by atoms with Gasteiger partial charge in [0.05, 0.1) is 15.7 Å². The highest BCUT2D eigenvalue weighted by molar-refractivity contribution is 6.42. The molecule has 0 aromatic heterocycles. The van der Waals surface area contributed by atoms with Crippen LogP contribution in [0.3, 0.4) is 0 Å². The molecule has 0 saturated heterocycles. The van der Waals surface area contributed by atoms with Crippen molar-refractivity contribution in [1.29, 1.82) is 0 Å². The summed E-state index contributed by atoms with van der Waals surface area (Å²) in [6.07, 6.45) is 2.22. The van der Waals surface area contributed by atoms with Crippen LogP contribution in [0.5, 0.6) is 0 Å². The lowest BCUT2D eigenvalue weighted by Crippen LogP contribution is -2.37. The average molecular weight is 261 g/mol. The second kappa shape index (κ2) is 6.09. The third-order valence-electron chi connectivity index (χ3n) is 2.19. The van der Waals surface area contributed by atoms with Gasteiger partial charge in [-0.25, -0.2) is 10.9 Å². The predicted octanol–water partition coefficient (Wildman–Crippen LogP) is 3.39. The van der Waals surface area contributed by atoms with E-state index in [9.17, 15) is 4.79 Å². The molecule has 0 atom stereocenters. The lowest BCUT2D eigenvalue weighted by molar-refractivity contribution is -0.118. The Labute approximate surface area is 105 Å². The Balaban J connectivity index is 2.75. The van der Waals surface area contributed by atoms with Crippen LogP contribution in [0.25, 0.3) is 0 Å². The molecule has 0 aliphatic rings. The molecule has 0 aliphatic heterocycles. The standard InChI is InChI=1S/C11H14Cl2N2O/c1-2-3-4-11(16)15(14)8-5-6-9(12)10(13)7-8/h5-7H,2-4,14H2,1H3. The molecule has 1 aromatic rings. The molecule has 2 N–H and O–H groups in total. The summed E-state index contributed by atoms with van der Waals surface area (Å²) in [4.78, 5) is 11.6. The van der Waals surface area contributed by atoms with E-state index in [1.54, 1.807) is 18.2 Å². The van der Waals surface area contributed by atoms with Gasteiger partial charge >= 0.3 is 0 Å². The van der Waals surface area contributed by atoms with E-state index in [-0.39, 0.29) is 5.91 Å². The molecule has 5 heteroatoms. The molecule has 1 amide bonds. The number of halogens is 2. The fourth-order valence-electron chi connectivity index (χ4n) is 1.23. The summed E-state index contributed by atoms with van der Waals surface area (Å²) >= 11 is 11.6. The van der Waals surface area contributed by atoms with Crippen LogP contribution in [0.4, 0.5) is 5.69 Å². The summed E-state index contributed by atoms with van der Waals surface area (Å²) in [5, 5.41) is 1.94. The second-order valence-corrected chi connectivity index (χ2v) is 4.28. The lowest BCUT2D eigenvalue weighted by atomic mass is 10.2. The summed E-state index contributed by atoms with van der Waals surface area (Å²) in [6, 6.07) is 4.86. The van der Waals surface area contributed by atoms with Crippen LogP contribution >= 0.6 is 23.2 Å². The van der Waals surface area contributed by atoms with Crippen molar-refractivity contribution in [3.05, 3.63) is 28.2 Å². The molecular weight excluding hydrogens is 247 g/mol. The van der Waals surface area contributed by atoms with Crippen LogP contribution < -0.4 is 10.9 Å². The first-order valence-electron chi connectivity index (χ1n) is 5.09. The number of carbonyl (C=O) groups is 1. The van der Waals surface area contributed by atoms with Gasteiger partial charge in [0.1, 0.15) is 0 Å².